The van der Waals surface area contributed by atoms with Gasteiger partial charge in [0.1, 0.15) is 5.82 Å². The molecule has 0 aromatic carbocycles. The minimum atomic E-state index is -0.300. The Hall–Kier alpha value is -1.56. The summed E-state index contributed by atoms with van der Waals surface area (Å²) in [4.78, 5) is 0. The van der Waals surface area contributed by atoms with Gasteiger partial charge in [0.05, 0.1) is 5.69 Å². The third kappa shape index (κ3) is 3.30. The number of nitrogens with one attached hydrogen (secondary N) is 1. The highest BCUT2D eigenvalue weighted by Gasteiger charge is 2.13. The zero-order valence-corrected chi connectivity index (χ0v) is 13.0. The average Bonchev–Trinajstić information content (AvgIpc) is 2.94. The van der Waals surface area contributed by atoms with Crippen molar-refractivity contribution in [1.82, 2.24) is 19.6 Å². The van der Waals surface area contributed by atoms with Crippen LogP contribution in [0.15, 0.2) is 12.3 Å². The predicted octanol–water partition coefficient (Wildman–Crippen LogP) is 3.07. The molecule has 0 saturated heterocycles. The van der Waals surface area contributed by atoms with E-state index in [4.69, 9.17) is 0 Å². The Balaban J connectivity index is 0.00000200. The molecule has 5 nitrogen and oxygen atoms in total. The van der Waals surface area contributed by atoms with Crippen molar-refractivity contribution in [3.63, 3.8) is 0 Å². The van der Waals surface area contributed by atoms with E-state index >= 15 is 0 Å². The van der Waals surface area contributed by atoms with E-state index in [1.165, 1.54) is 4.68 Å². The Kier molecular flexibility index (Phi) is 5.56. The van der Waals surface area contributed by atoms with E-state index in [2.05, 4.69) is 29.4 Å². The topological polar surface area (TPSA) is 47.7 Å². The molecule has 0 aliphatic heterocycles. The van der Waals surface area contributed by atoms with Gasteiger partial charge in [-0.3, -0.25) is 4.68 Å². The lowest BCUT2D eigenvalue weighted by Crippen LogP contribution is -2.07. The Morgan fingerprint density at radius 2 is 2.10 bits per heavy atom. The van der Waals surface area contributed by atoms with Crippen LogP contribution in [-0.2, 0) is 13.6 Å². The maximum Gasteiger partial charge on any atom is 0.216 e. The van der Waals surface area contributed by atoms with Crippen LogP contribution in [0.5, 0.6) is 0 Å². The van der Waals surface area contributed by atoms with Crippen LogP contribution in [0.3, 0.4) is 0 Å². The molecule has 0 radical (unpaired) electrons. The molecule has 2 heterocycles. The summed E-state index contributed by atoms with van der Waals surface area (Å²) in [5.74, 6) is 0.453. The molecule has 7 heteroatoms. The summed E-state index contributed by atoms with van der Waals surface area (Å²) in [6.07, 6.45) is 2.96. The number of aryl methyl sites for hydroxylation is 2. The molecule has 1 atom stereocenters. The lowest BCUT2D eigenvalue weighted by atomic mass is 10.2. The molecule has 20 heavy (non-hydrogen) atoms. The molecular formula is C13H21ClFN5. The lowest BCUT2D eigenvalue weighted by Gasteiger charge is -2.08. The summed E-state index contributed by atoms with van der Waals surface area (Å²) < 4.78 is 16.9. The van der Waals surface area contributed by atoms with E-state index in [9.17, 15) is 4.39 Å². The van der Waals surface area contributed by atoms with Gasteiger partial charge in [-0.1, -0.05) is 6.92 Å². The summed E-state index contributed by atoms with van der Waals surface area (Å²) in [5, 5.41) is 11.6. The van der Waals surface area contributed by atoms with Gasteiger partial charge in [-0.25, -0.2) is 4.68 Å². The first-order valence-corrected chi connectivity index (χ1v) is 6.50. The van der Waals surface area contributed by atoms with Crippen LogP contribution in [-0.4, -0.2) is 19.6 Å². The van der Waals surface area contributed by atoms with E-state index < -0.39 is 0 Å². The Bertz CT molecular complexity index is 563. The third-order valence-corrected chi connectivity index (χ3v) is 3.37. The summed E-state index contributed by atoms with van der Waals surface area (Å²) in [5.41, 5.74) is 1.29. The van der Waals surface area contributed by atoms with Crippen LogP contribution in [0.4, 0.5) is 10.2 Å². The largest absolute Gasteiger partial charge is 0.364 e. The molecule has 1 N–H and O–H groups in total. The molecule has 2 rings (SSSR count). The summed E-state index contributed by atoms with van der Waals surface area (Å²) in [6.45, 7) is 6.43. The Morgan fingerprint density at radius 3 is 2.65 bits per heavy atom. The van der Waals surface area contributed by atoms with Crippen molar-refractivity contribution in [3.05, 3.63) is 29.5 Å². The molecule has 1 unspecified atom stereocenters. The van der Waals surface area contributed by atoms with Crippen LogP contribution >= 0.6 is 12.4 Å². The number of nitrogens with zero attached hydrogens (tertiary/aromatic N) is 4. The van der Waals surface area contributed by atoms with Crippen LogP contribution < -0.4 is 5.32 Å². The minimum absolute atomic E-state index is 0. The second-order valence-corrected chi connectivity index (χ2v) is 4.77. The Labute approximate surface area is 124 Å². The fourth-order valence-electron chi connectivity index (χ4n) is 1.92. The van der Waals surface area contributed by atoms with Crippen LogP contribution in [0, 0.1) is 12.9 Å². The SMILES string of the molecule is CCC(C)n1ccc(NCc2c(C)nn(C)c2F)n1.Cl. The molecule has 0 bridgehead atoms. The quantitative estimate of drug-likeness (QED) is 0.923. The molecule has 2 aromatic heterocycles. The molecule has 0 aliphatic carbocycles. The van der Waals surface area contributed by atoms with Crippen molar-refractivity contribution in [2.75, 3.05) is 5.32 Å². The molecule has 0 saturated carbocycles. The van der Waals surface area contributed by atoms with E-state index in [-0.39, 0.29) is 18.4 Å². The monoisotopic (exact) mass is 301 g/mol. The maximum atomic E-state index is 13.7. The highest BCUT2D eigenvalue weighted by atomic mass is 35.5. The van der Waals surface area contributed by atoms with Crippen molar-refractivity contribution < 1.29 is 4.39 Å². The smallest absolute Gasteiger partial charge is 0.216 e. The van der Waals surface area contributed by atoms with E-state index in [1.807, 2.05) is 16.9 Å². The molecular weight excluding hydrogens is 281 g/mol. The standard InChI is InChI=1S/C13H20FN5.ClH/c1-5-9(2)19-7-6-12(17-19)15-8-11-10(3)16-18(4)13(11)14;/h6-7,9H,5,8H2,1-4H3,(H,15,17);1H. The fraction of sp³-hybridized carbons (Fsp3) is 0.538. The fourth-order valence-corrected chi connectivity index (χ4v) is 1.92. The van der Waals surface area contributed by atoms with Crippen LogP contribution in [0.1, 0.15) is 37.6 Å². The normalized spacial score (nSPS) is 12.1. The second kappa shape index (κ2) is 6.74. The average molecular weight is 302 g/mol. The summed E-state index contributed by atoms with van der Waals surface area (Å²) in [6, 6.07) is 2.27. The number of rotatable bonds is 5. The number of aromatic nitrogens is 4. The van der Waals surface area contributed by atoms with Crippen LogP contribution in [0.2, 0.25) is 0 Å². The van der Waals surface area contributed by atoms with Gasteiger partial charge < -0.3 is 5.32 Å². The molecule has 0 spiro atoms. The van der Waals surface area contributed by atoms with Crippen molar-refractivity contribution in [3.8, 4) is 0 Å². The van der Waals surface area contributed by atoms with E-state index in [1.54, 1.807) is 14.0 Å². The third-order valence-electron chi connectivity index (χ3n) is 3.37. The molecule has 0 aliphatic rings. The highest BCUT2D eigenvalue weighted by molar-refractivity contribution is 5.85. The maximum absolute atomic E-state index is 13.7. The van der Waals surface area contributed by atoms with Gasteiger partial charge in [0, 0.05) is 37.5 Å². The first-order chi connectivity index (χ1) is 9.02. The Morgan fingerprint density at radius 1 is 1.40 bits per heavy atom. The van der Waals surface area contributed by atoms with Gasteiger partial charge in [-0.05, 0) is 20.3 Å². The van der Waals surface area contributed by atoms with Crippen molar-refractivity contribution in [2.45, 2.75) is 39.8 Å². The molecule has 0 amide bonds. The number of anilines is 1. The minimum Gasteiger partial charge on any atom is -0.364 e. The molecule has 0 fully saturated rings. The van der Waals surface area contributed by atoms with Gasteiger partial charge >= 0.3 is 0 Å². The molecule has 112 valence electrons. The number of halogens is 2. The summed E-state index contributed by atoms with van der Waals surface area (Å²) >= 11 is 0. The van der Waals surface area contributed by atoms with E-state index in [0.717, 1.165) is 12.2 Å². The first-order valence-electron chi connectivity index (χ1n) is 6.50. The molecule has 2 aromatic rings. The zero-order chi connectivity index (χ0) is 14.0. The van der Waals surface area contributed by atoms with Gasteiger partial charge in [-0.15, -0.1) is 12.4 Å². The van der Waals surface area contributed by atoms with Crippen molar-refractivity contribution in [2.24, 2.45) is 7.05 Å². The predicted molar refractivity (Wildman–Crippen MR) is 79.7 cm³/mol. The van der Waals surface area contributed by atoms with Crippen LogP contribution in [0.25, 0.3) is 0 Å². The van der Waals surface area contributed by atoms with Gasteiger partial charge in [0.15, 0.2) is 0 Å². The lowest BCUT2D eigenvalue weighted by molar-refractivity contribution is 0.478. The van der Waals surface area contributed by atoms with Gasteiger partial charge in [0.2, 0.25) is 5.95 Å². The highest BCUT2D eigenvalue weighted by Crippen LogP contribution is 2.15. The number of hydrogen-bond acceptors (Lipinski definition) is 3. The van der Waals surface area contributed by atoms with Gasteiger partial charge in [-0.2, -0.15) is 14.6 Å². The summed E-state index contributed by atoms with van der Waals surface area (Å²) in [7, 11) is 1.60. The zero-order valence-electron chi connectivity index (χ0n) is 12.2. The van der Waals surface area contributed by atoms with Crippen molar-refractivity contribution >= 4 is 18.2 Å². The van der Waals surface area contributed by atoms with E-state index in [0.29, 0.717) is 23.8 Å². The van der Waals surface area contributed by atoms with Crippen molar-refractivity contribution in [1.29, 1.82) is 0 Å². The number of hydrogen-bond donors (Lipinski definition) is 1. The first kappa shape index (κ1) is 16.5. The van der Waals surface area contributed by atoms with Gasteiger partial charge in [0.25, 0.3) is 0 Å². The second-order valence-electron chi connectivity index (χ2n) is 4.77.